The van der Waals surface area contributed by atoms with Crippen LogP contribution in [0.2, 0.25) is 0 Å². The van der Waals surface area contributed by atoms with Crippen molar-refractivity contribution in [2.24, 2.45) is 11.8 Å². The molecule has 0 aliphatic carbocycles. The molecule has 0 aromatic heterocycles. The maximum absolute atomic E-state index is 13.9. The van der Waals surface area contributed by atoms with E-state index in [1.54, 1.807) is 37.4 Å². The fourth-order valence-electron chi connectivity index (χ4n) is 5.88. The molecule has 48 heavy (non-hydrogen) atoms. The molecule has 0 saturated carbocycles. The van der Waals surface area contributed by atoms with Gasteiger partial charge in [0.1, 0.15) is 11.9 Å². The van der Waals surface area contributed by atoms with Gasteiger partial charge >= 0.3 is 6.09 Å². The van der Waals surface area contributed by atoms with Gasteiger partial charge < -0.3 is 44.2 Å². The van der Waals surface area contributed by atoms with Crippen LogP contribution >= 0.6 is 0 Å². The molecule has 3 aliphatic heterocycles. The largest absolute Gasteiger partial charge is 0.494 e. The standard InChI is InChI=1S/C33H45N3O11S/c1-21(2)17-36(48(40,41)24-10-11-28-29(16-24)46-20-45-28)18-27(37)26(35-33(39)47-30-19-44-32-25(30)12-14-43-32)15-22-6-8-23(9-7-22)42-13-4-5-31(38)34-3/h6-11,16,21,25-27,30,32,37H,4-5,12-15,17-20H2,1-3H3,(H,34,38)(H,35,39)/t25-,26-,27+,30+,32+/m0/s1. The highest BCUT2D eigenvalue weighted by Crippen LogP contribution is 2.35. The fourth-order valence-corrected chi connectivity index (χ4v) is 7.51. The number of carbonyl (C=O) groups is 2. The first-order valence-electron chi connectivity index (χ1n) is 16.2. The van der Waals surface area contributed by atoms with E-state index in [0.717, 1.165) is 5.56 Å². The molecule has 3 aliphatic rings. The minimum Gasteiger partial charge on any atom is -0.494 e. The van der Waals surface area contributed by atoms with Crippen molar-refractivity contribution in [3.05, 3.63) is 48.0 Å². The number of benzene rings is 2. The van der Waals surface area contributed by atoms with Crippen molar-refractivity contribution in [2.75, 3.05) is 46.8 Å². The van der Waals surface area contributed by atoms with Gasteiger partial charge in [-0.05, 0) is 55.0 Å². The number of sulfonamides is 1. The number of carbonyl (C=O) groups excluding carboxylic acids is 2. The Labute approximate surface area is 281 Å². The van der Waals surface area contributed by atoms with Gasteiger partial charge in [-0.15, -0.1) is 0 Å². The summed E-state index contributed by atoms with van der Waals surface area (Å²) in [4.78, 5) is 24.7. The second-order valence-electron chi connectivity index (χ2n) is 12.5. The lowest BCUT2D eigenvalue weighted by molar-refractivity contribution is -0.120. The first-order chi connectivity index (χ1) is 23.0. The Kier molecular flexibility index (Phi) is 12.0. The van der Waals surface area contributed by atoms with Crippen molar-refractivity contribution in [1.29, 1.82) is 0 Å². The second kappa shape index (κ2) is 16.2. The van der Waals surface area contributed by atoms with Crippen LogP contribution in [-0.4, -0.2) is 101 Å². The number of ether oxygens (including phenoxy) is 6. The predicted molar refractivity (Wildman–Crippen MR) is 172 cm³/mol. The molecule has 5 atom stereocenters. The molecule has 0 bridgehead atoms. The summed E-state index contributed by atoms with van der Waals surface area (Å²) in [7, 11) is -2.49. The Hall–Kier alpha value is -3.63. The summed E-state index contributed by atoms with van der Waals surface area (Å²) < 4.78 is 62.3. The van der Waals surface area contributed by atoms with E-state index in [9.17, 15) is 23.1 Å². The average Bonchev–Trinajstić information content (AvgIpc) is 3.81. The number of nitrogens with one attached hydrogen (secondary N) is 2. The molecule has 0 unspecified atom stereocenters. The van der Waals surface area contributed by atoms with E-state index >= 15 is 0 Å². The molecule has 3 heterocycles. The van der Waals surface area contributed by atoms with Crippen LogP contribution in [-0.2, 0) is 35.4 Å². The minimum absolute atomic E-state index is 0.00288. The quantitative estimate of drug-likeness (QED) is 0.221. The zero-order valence-corrected chi connectivity index (χ0v) is 28.3. The molecule has 0 radical (unpaired) electrons. The number of hydrogen-bond acceptors (Lipinski definition) is 11. The number of amides is 2. The Morgan fingerprint density at radius 2 is 1.83 bits per heavy atom. The van der Waals surface area contributed by atoms with E-state index in [2.05, 4.69) is 10.6 Å². The van der Waals surface area contributed by atoms with Crippen molar-refractivity contribution in [3.8, 4) is 17.2 Å². The molecule has 2 amide bonds. The molecule has 2 aromatic carbocycles. The van der Waals surface area contributed by atoms with Gasteiger partial charge in [0.2, 0.25) is 22.7 Å². The van der Waals surface area contributed by atoms with Gasteiger partial charge in [0.25, 0.3) is 0 Å². The lowest BCUT2D eigenvalue weighted by atomic mass is 10.0. The molecular formula is C33H45N3O11S. The molecule has 5 rings (SSSR count). The molecular weight excluding hydrogens is 646 g/mol. The minimum atomic E-state index is -4.08. The van der Waals surface area contributed by atoms with Crippen LogP contribution in [0.5, 0.6) is 17.2 Å². The van der Waals surface area contributed by atoms with Crippen molar-refractivity contribution in [3.63, 3.8) is 0 Å². The zero-order chi connectivity index (χ0) is 34.3. The predicted octanol–water partition coefficient (Wildman–Crippen LogP) is 2.43. The van der Waals surface area contributed by atoms with E-state index in [1.807, 2.05) is 13.8 Å². The summed E-state index contributed by atoms with van der Waals surface area (Å²) >= 11 is 0. The van der Waals surface area contributed by atoms with E-state index < -0.39 is 40.7 Å². The van der Waals surface area contributed by atoms with Crippen molar-refractivity contribution < 1.29 is 51.5 Å². The first-order valence-corrected chi connectivity index (χ1v) is 17.7. The van der Waals surface area contributed by atoms with Crippen molar-refractivity contribution >= 4 is 22.0 Å². The maximum atomic E-state index is 13.9. The van der Waals surface area contributed by atoms with Gasteiger partial charge in [0, 0.05) is 32.6 Å². The maximum Gasteiger partial charge on any atom is 0.407 e. The Morgan fingerprint density at radius 1 is 1.06 bits per heavy atom. The first kappa shape index (κ1) is 35.7. The van der Waals surface area contributed by atoms with Gasteiger partial charge in [-0.25, -0.2) is 13.2 Å². The molecule has 3 N–H and O–H groups in total. The summed E-state index contributed by atoms with van der Waals surface area (Å²) in [6.07, 6.45) is -1.18. The van der Waals surface area contributed by atoms with E-state index in [-0.39, 0.29) is 55.5 Å². The summed E-state index contributed by atoms with van der Waals surface area (Å²) in [6.45, 7) is 4.69. The van der Waals surface area contributed by atoms with Crippen molar-refractivity contribution in [1.82, 2.24) is 14.9 Å². The smallest absolute Gasteiger partial charge is 0.407 e. The summed E-state index contributed by atoms with van der Waals surface area (Å²) in [6, 6.07) is 10.6. The number of hydrogen-bond donors (Lipinski definition) is 3. The summed E-state index contributed by atoms with van der Waals surface area (Å²) in [5.41, 5.74) is 0.763. The fraction of sp³-hybridized carbons (Fsp3) is 0.576. The number of aliphatic hydroxyl groups is 1. The van der Waals surface area contributed by atoms with Crippen LogP contribution in [0.3, 0.4) is 0 Å². The van der Waals surface area contributed by atoms with Gasteiger partial charge in [0.05, 0.1) is 42.8 Å². The van der Waals surface area contributed by atoms with Crippen LogP contribution in [0.4, 0.5) is 4.79 Å². The molecule has 15 heteroatoms. The van der Waals surface area contributed by atoms with Crippen LogP contribution in [0, 0.1) is 11.8 Å². The lowest BCUT2D eigenvalue weighted by Gasteiger charge is -2.31. The number of rotatable bonds is 16. The lowest BCUT2D eigenvalue weighted by Crippen LogP contribution is -2.51. The number of aliphatic hydroxyl groups excluding tert-OH is 1. The third-order valence-corrected chi connectivity index (χ3v) is 10.3. The number of fused-ring (bicyclic) bond motifs is 2. The Morgan fingerprint density at radius 3 is 2.58 bits per heavy atom. The molecule has 14 nitrogen and oxygen atoms in total. The van der Waals surface area contributed by atoms with Gasteiger partial charge in [0.15, 0.2) is 17.8 Å². The van der Waals surface area contributed by atoms with Crippen LogP contribution in [0.15, 0.2) is 47.4 Å². The average molecular weight is 692 g/mol. The summed E-state index contributed by atoms with van der Waals surface area (Å²) in [5.74, 6) is 1.19. The molecule has 264 valence electrons. The molecule has 2 fully saturated rings. The van der Waals surface area contributed by atoms with Gasteiger partial charge in [-0.3, -0.25) is 4.79 Å². The van der Waals surface area contributed by atoms with E-state index in [0.29, 0.717) is 49.7 Å². The van der Waals surface area contributed by atoms with E-state index in [1.165, 1.54) is 16.4 Å². The summed E-state index contributed by atoms with van der Waals surface area (Å²) in [5, 5.41) is 17.0. The molecule has 2 aromatic rings. The third-order valence-electron chi connectivity index (χ3n) is 8.43. The monoisotopic (exact) mass is 691 g/mol. The van der Waals surface area contributed by atoms with Crippen LogP contribution in [0.25, 0.3) is 0 Å². The van der Waals surface area contributed by atoms with Gasteiger partial charge in [-0.2, -0.15) is 4.31 Å². The molecule has 2 saturated heterocycles. The van der Waals surface area contributed by atoms with Gasteiger partial charge in [-0.1, -0.05) is 26.0 Å². The highest BCUT2D eigenvalue weighted by Gasteiger charge is 2.44. The third kappa shape index (κ3) is 9.08. The number of alkyl carbamates (subject to hydrolysis) is 1. The zero-order valence-electron chi connectivity index (χ0n) is 27.5. The second-order valence-corrected chi connectivity index (χ2v) is 14.4. The molecule has 0 spiro atoms. The van der Waals surface area contributed by atoms with Crippen LogP contribution < -0.4 is 24.8 Å². The Bertz CT molecular complexity index is 1500. The van der Waals surface area contributed by atoms with Crippen LogP contribution in [0.1, 0.15) is 38.7 Å². The van der Waals surface area contributed by atoms with E-state index in [4.69, 9.17) is 28.4 Å². The SMILES string of the molecule is CNC(=O)CCCOc1ccc(C[C@H](NC(=O)O[C@@H]2CO[C@H]3OCC[C@H]32)[C@H](O)CN(CC(C)C)S(=O)(=O)c2ccc3c(c2)OCO3)cc1. The van der Waals surface area contributed by atoms with Crippen molar-refractivity contribution in [2.45, 2.75) is 69.0 Å². The Balaban J connectivity index is 1.30. The highest BCUT2D eigenvalue weighted by atomic mass is 32.2. The number of nitrogens with zero attached hydrogens (tertiary/aromatic N) is 1. The highest BCUT2D eigenvalue weighted by molar-refractivity contribution is 7.89. The topological polar surface area (TPSA) is 171 Å². The normalized spacial score (nSPS) is 21.2.